The van der Waals surface area contributed by atoms with Gasteiger partial charge in [-0.05, 0) is 54.4 Å². The highest BCUT2D eigenvalue weighted by Gasteiger charge is 2.26. The van der Waals surface area contributed by atoms with Crippen molar-refractivity contribution in [3.63, 3.8) is 0 Å². The number of anilines is 1. The lowest BCUT2D eigenvalue weighted by atomic mass is 10.2. The Morgan fingerprint density at radius 3 is 1.80 bits per heavy atom. The van der Waals surface area contributed by atoms with Gasteiger partial charge in [0.25, 0.3) is 10.0 Å². The fourth-order valence-corrected chi connectivity index (χ4v) is 5.32. The van der Waals surface area contributed by atoms with Gasteiger partial charge in [-0.25, -0.2) is 21.1 Å². The van der Waals surface area contributed by atoms with E-state index in [2.05, 4.69) is 0 Å². The maximum atomic E-state index is 13.5. The zero-order valence-corrected chi connectivity index (χ0v) is 18.7. The smallest absolute Gasteiger partial charge is 0.262 e. The summed E-state index contributed by atoms with van der Waals surface area (Å²) in [6, 6.07) is 21.9. The van der Waals surface area contributed by atoms with E-state index in [-0.39, 0.29) is 16.3 Å². The molecule has 0 radical (unpaired) electrons. The fraction of sp³-hybridized carbons (Fsp3) is 0.182. The number of hydrogen-bond donors (Lipinski definition) is 0. The molecule has 6 nitrogen and oxygen atoms in total. The first-order chi connectivity index (χ1) is 14.1. The third kappa shape index (κ3) is 4.56. The second kappa shape index (κ2) is 8.59. The number of nitrogens with zero attached hydrogens (tertiary/aromatic N) is 2. The minimum atomic E-state index is -3.93. The molecule has 0 atom stereocenters. The van der Waals surface area contributed by atoms with Gasteiger partial charge in [0.15, 0.2) is 0 Å². The summed E-state index contributed by atoms with van der Waals surface area (Å²) in [6.07, 6.45) is 0. The standard InChI is InChI=1S/C22H24N2O4S2/c1-18-8-7-11-20(16-18)24(17-19-9-5-4-6-10-19)30(27,28)22-14-12-21(13-15-22)29(25,26)23(2)3/h4-16H,17H2,1-3H3. The summed E-state index contributed by atoms with van der Waals surface area (Å²) < 4.78 is 54.0. The van der Waals surface area contributed by atoms with Gasteiger partial charge in [0.1, 0.15) is 0 Å². The van der Waals surface area contributed by atoms with Gasteiger partial charge in [0, 0.05) is 14.1 Å². The maximum absolute atomic E-state index is 13.5. The van der Waals surface area contributed by atoms with Crippen LogP contribution in [0.15, 0.2) is 88.7 Å². The van der Waals surface area contributed by atoms with Crippen LogP contribution in [0.5, 0.6) is 0 Å². The van der Waals surface area contributed by atoms with Crippen molar-refractivity contribution >= 4 is 25.7 Å². The van der Waals surface area contributed by atoms with Crippen LogP contribution < -0.4 is 4.31 Å². The second-order valence-corrected chi connectivity index (χ2v) is 11.1. The van der Waals surface area contributed by atoms with Crippen LogP contribution in [0.25, 0.3) is 0 Å². The highest BCUT2D eigenvalue weighted by atomic mass is 32.2. The Labute approximate surface area is 178 Å². The minimum Gasteiger partial charge on any atom is -0.262 e. The number of sulfonamides is 2. The van der Waals surface area contributed by atoms with Crippen LogP contribution in [0, 0.1) is 6.92 Å². The molecule has 0 amide bonds. The average molecular weight is 445 g/mol. The van der Waals surface area contributed by atoms with E-state index in [0.29, 0.717) is 5.69 Å². The Bertz CT molecular complexity index is 1220. The van der Waals surface area contributed by atoms with Crippen molar-refractivity contribution in [3.8, 4) is 0 Å². The SMILES string of the molecule is Cc1cccc(N(Cc2ccccc2)S(=O)(=O)c2ccc(S(=O)(=O)N(C)C)cc2)c1. The third-order valence-electron chi connectivity index (χ3n) is 4.65. The van der Waals surface area contributed by atoms with Gasteiger partial charge in [-0.3, -0.25) is 4.31 Å². The van der Waals surface area contributed by atoms with Crippen LogP contribution in [0.2, 0.25) is 0 Å². The van der Waals surface area contributed by atoms with Crippen molar-refractivity contribution in [1.29, 1.82) is 0 Å². The Morgan fingerprint density at radius 1 is 0.700 bits per heavy atom. The topological polar surface area (TPSA) is 74.8 Å². The van der Waals surface area contributed by atoms with E-state index >= 15 is 0 Å². The third-order valence-corrected chi connectivity index (χ3v) is 8.27. The van der Waals surface area contributed by atoms with E-state index in [1.807, 2.05) is 55.5 Å². The van der Waals surface area contributed by atoms with Crippen LogP contribution in [-0.4, -0.2) is 35.2 Å². The van der Waals surface area contributed by atoms with Crippen LogP contribution in [0.4, 0.5) is 5.69 Å². The Kier molecular flexibility index (Phi) is 6.30. The maximum Gasteiger partial charge on any atom is 0.264 e. The first-order valence-corrected chi connectivity index (χ1v) is 12.2. The van der Waals surface area contributed by atoms with E-state index in [9.17, 15) is 16.8 Å². The first-order valence-electron chi connectivity index (χ1n) is 9.28. The molecule has 0 aromatic heterocycles. The monoisotopic (exact) mass is 444 g/mol. The van der Waals surface area contributed by atoms with Crippen molar-refractivity contribution in [3.05, 3.63) is 90.0 Å². The summed E-state index contributed by atoms with van der Waals surface area (Å²) in [7, 11) is -4.71. The van der Waals surface area contributed by atoms with Gasteiger partial charge >= 0.3 is 0 Å². The molecule has 0 spiro atoms. The summed E-state index contributed by atoms with van der Waals surface area (Å²) in [5, 5.41) is 0. The molecule has 0 heterocycles. The summed E-state index contributed by atoms with van der Waals surface area (Å²) in [5.41, 5.74) is 2.33. The number of hydrogen-bond acceptors (Lipinski definition) is 4. The summed E-state index contributed by atoms with van der Waals surface area (Å²) in [6.45, 7) is 2.06. The number of aryl methyl sites for hydroxylation is 1. The molecule has 8 heteroatoms. The molecule has 0 aliphatic carbocycles. The molecule has 0 fully saturated rings. The molecule has 0 N–H and O–H groups in total. The first kappa shape index (κ1) is 22.0. The van der Waals surface area contributed by atoms with Crippen molar-refractivity contribution < 1.29 is 16.8 Å². The van der Waals surface area contributed by atoms with Crippen molar-refractivity contribution in [2.75, 3.05) is 18.4 Å². The zero-order valence-electron chi connectivity index (χ0n) is 17.1. The molecule has 0 unspecified atom stereocenters. The summed E-state index contributed by atoms with van der Waals surface area (Å²) in [4.78, 5) is 0.0641. The van der Waals surface area contributed by atoms with Gasteiger partial charge in [-0.2, -0.15) is 0 Å². The molecule has 158 valence electrons. The minimum absolute atomic E-state index is 0.0256. The molecule has 3 aromatic rings. The molecule has 0 aliphatic heterocycles. The van der Waals surface area contributed by atoms with Crippen LogP contribution in [-0.2, 0) is 26.6 Å². The lowest BCUT2D eigenvalue weighted by molar-refractivity contribution is 0.520. The zero-order chi connectivity index (χ0) is 21.9. The molecule has 0 saturated carbocycles. The average Bonchev–Trinajstić information content (AvgIpc) is 2.72. The van der Waals surface area contributed by atoms with Crippen molar-refractivity contribution in [2.24, 2.45) is 0 Å². The molecule has 3 rings (SSSR count). The van der Waals surface area contributed by atoms with Crippen LogP contribution in [0.1, 0.15) is 11.1 Å². The quantitative estimate of drug-likeness (QED) is 0.558. The molecule has 0 bridgehead atoms. The predicted octanol–water partition coefficient (Wildman–Crippen LogP) is 3.64. The van der Waals surface area contributed by atoms with Gasteiger partial charge < -0.3 is 0 Å². The fourth-order valence-electron chi connectivity index (χ4n) is 2.97. The van der Waals surface area contributed by atoms with E-state index in [1.165, 1.54) is 42.7 Å². The molecule has 30 heavy (non-hydrogen) atoms. The van der Waals surface area contributed by atoms with E-state index in [1.54, 1.807) is 6.07 Å². The molecular formula is C22H24N2O4S2. The molecule has 3 aromatic carbocycles. The Hall–Kier alpha value is -2.68. The van der Waals surface area contributed by atoms with Gasteiger partial charge in [-0.1, -0.05) is 42.5 Å². The summed E-state index contributed by atoms with van der Waals surface area (Å²) in [5.74, 6) is 0. The van der Waals surface area contributed by atoms with E-state index < -0.39 is 20.0 Å². The van der Waals surface area contributed by atoms with Gasteiger partial charge in [0.05, 0.1) is 22.0 Å². The molecular weight excluding hydrogens is 420 g/mol. The lowest BCUT2D eigenvalue weighted by Crippen LogP contribution is -2.30. The molecule has 0 aliphatic rings. The largest absolute Gasteiger partial charge is 0.264 e. The Balaban J connectivity index is 2.06. The van der Waals surface area contributed by atoms with Crippen LogP contribution in [0.3, 0.4) is 0 Å². The van der Waals surface area contributed by atoms with Crippen LogP contribution >= 0.6 is 0 Å². The second-order valence-electron chi connectivity index (χ2n) is 7.10. The van der Waals surface area contributed by atoms with E-state index in [4.69, 9.17) is 0 Å². The van der Waals surface area contributed by atoms with Gasteiger partial charge in [0.2, 0.25) is 10.0 Å². The Morgan fingerprint density at radius 2 is 1.27 bits per heavy atom. The summed E-state index contributed by atoms with van der Waals surface area (Å²) >= 11 is 0. The molecule has 0 saturated heterocycles. The number of rotatable bonds is 7. The highest BCUT2D eigenvalue weighted by molar-refractivity contribution is 7.92. The number of benzene rings is 3. The lowest BCUT2D eigenvalue weighted by Gasteiger charge is -2.25. The van der Waals surface area contributed by atoms with Crippen molar-refractivity contribution in [2.45, 2.75) is 23.3 Å². The normalized spacial score (nSPS) is 12.1. The van der Waals surface area contributed by atoms with Gasteiger partial charge in [-0.15, -0.1) is 0 Å². The predicted molar refractivity (Wildman–Crippen MR) is 118 cm³/mol. The van der Waals surface area contributed by atoms with E-state index in [0.717, 1.165) is 15.4 Å². The highest BCUT2D eigenvalue weighted by Crippen LogP contribution is 2.27. The van der Waals surface area contributed by atoms with Crippen molar-refractivity contribution in [1.82, 2.24) is 4.31 Å².